The molecule has 2 fully saturated rings. The average molecular weight is 437 g/mol. The van der Waals surface area contributed by atoms with Gasteiger partial charge in [0.25, 0.3) is 0 Å². The van der Waals surface area contributed by atoms with Crippen molar-refractivity contribution in [1.82, 2.24) is 24.4 Å². The van der Waals surface area contributed by atoms with Crippen LogP contribution in [0.5, 0.6) is 0 Å². The molecule has 0 spiro atoms. The number of thiophene rings is 1. The molecule has 0 N–H and O–H groups in total. The number of nitrogens with zero attached hydrogens (tertiary/aromatic N) is 6. The second-order valence-corrected chi connectivity index (χ2v) is 9.48. The molecule has 0 radical (unpaired) electrons. The van der Waals surface area contributed by atoms with E-state index < -0.39 is 12.6 Å². The van der Waals surface area contributed by atoms with Gasteiger partial charge < -0.3 is 9.47 Å². The van der Waals surface area contributed by atoms with Crippen LogP contribution in [0.15, 0.2) is 24.9 Å². The Morgan fingerprint density at radius 2 is 2.00 bits per heavy atom. The lowest BCUT2D eigenvalue weighted by Crippen LogP contribution is -2.39. The highest BCUT2D eigenvalue weighted by Crippen LogP contribution is 2.38. The third-order valence-corrected chi connectivity index (χ3v) is 7.26. The first-order chi connectivity index (χ1) is 14.4. The van der Waals surface area contributed by atoms with E-state index in [9.17, 15) is 13.2 Å². The number of fused-ring (bicyclic) bond motifs is 2. The Bertz CT molecular complexity index is 1040. The van der Waals surface area contributed by atoms with Crippen LogP contribution >= 0.6 is 11.3 Å². The summed E-state index contributed by atoms with van der Waals surface area (Å²) in [6.45, 7) is 4.74. The number of hydrogen-bond donors (Lipinski definition) is 0. The monoisotopic (exact) mass is 436 g/mol. The maximum atomic E-state index is 12.8. The van der Waals surface area contributed by atoms with Gasteiger partial charge in [0.15, 0.2) is 0 Å². The zero-order valence-electron chi connectivity index (χ0n) is 16.6. The second kappa shape index (κ2) is 7.49. The van der Waals surface area contributed by atoms with Gasteiger partial charge in [-0.2, -0.15) is 13.2 Å². The van der Waals surface area contributed by atoms with Crippen LogP contribution in [-0.4, -0.2) is 56.8 Å². The summed E-state index contributed by atoms with van der Waals surface area (Å²) in [6, 6.07) is 1.62. The first-order valence-electron chi connectivity index (χ1n) is 10.1. The number of hydrogen-bond acceptors (Lipinski definition) is 6. The summed E-state index contributed by atoms with van der Waals surface area (Å²) in [6.07, 6.45) is 1.21. The topological polar surface area (TPSA) is 50.1 Å². The summed E-state index contributed by atoms with van der Waals surface area (Å²) in [5.74, 6) is 1.90. The molecule has 10 heteroatoms. The first-order valence-corrected chi connectivity index (χ1v) is 10.9. The van der Waals surface area contributed by atoms with Gasteiger partial charge in [-0.05, 0) is 30.9 Å². The molecule has 2 atom stereocenters. The molecule has 0 amide bonds. The number of imidazole rings is 1. The van der Waals surface area contributed by atoms with E-state index in [1.165, 1.54) is 12.0 Å². The Morgan fingerprint density at radius 3 is 2.77 bits per heavy atom. The lowest BCUT2D eigenvalue weighted by Gasteiger charge is -2.34. The zero-order chi connectivity index (χ0) is 20.9. The summed E-state index contributed by atoms with van der Waals surface area (Å²) >= 11 is 1.11. The number of likely N-dealkylation sites (tertiary alicyclic amines) is 1. The molecule has 6 nitrogen and oxygen atoms in total. The highest BCUT2D eigenvalue weighted by molar-refractivity contribution is 7.18. The average Bonchev–Trinajstić information content (AvgIpc) is 3.37. The van der Waals surface area contributed by atoms with E-state index in [0.29, 0.717) is 21.5 Å². The van der Waals surface area contributed by atoms with Crippen molar-refractivity contribution >= 4 is 27.4 Å². The van der Waals surface area contributed by atoms with Crippen LogP contribution < -0.4 is 4.90 Å². The van der Waals surface area contributed by atoms with Crippen molar-refractivity contribution in [3.05, 3.63) is 35.5 Å². The number of rotatable bonds is 4. The Balaban J connectivity index is 1.32. The zero-order valence-corrected chi connectivity index (χ0v) is 17.5. The van der Waals surface area contributed by atoms with Gasteiger partial charge in [0, 0.05) is 44.3 Å². The normalized spacial score (nSPS) is 22.7. The molecule has 0 bridgehead atoms. The van der Waals surface area contributed by atoms with Crippen molar-refractivity contribution < 1.29 is 13.2 Å². The molecule has 0 aliphatic carbocycles. The highest BCUT2D eigenvalue weighted by atomic mass is 32.1. The van der Waals surface area contributed by atoms with Crippen LogP contribution in [0.3, 0.4) is 0 Å². The van der Waals surface area contributed by atoms with E-state index in [2.05, 4.69) is 29.3 Å². The molecule has 2 aliphatic rings. The fourth-order valence-corrected chi connectivity index (χ4v) is 5.78. The number of aromatic nitrogens is 4. The van der Waals surface area contributed by atoms with Crippen molar-refractivity contribution in [3.8, 4) is 0 Å². The summed E-state index contributed by atoms with van der Waals surface area (Å²) < 4.78 is 40.5. The van der Waals surface area contributed by atoms with Gasteiger partial charge in [0.05, 0.1) is 23.8 Å². The molecule has 0 unspecified atom stereocenters. The minimum Gasteiger partial charge on any atom is -0.355 e. The number of anilines is 1. The summed E-state index contributed by atoms with van der Waals surface area (Å²) in [5.41, 5.74) is 1.20. The minimum absolute atomic E-state index is 0.290. The van der Waals surface area contributed by atoms with Crippen molar-refractivity contribution in [2.24, 2.45) is 18.9 Å². The van der Waals surface area contributed by atoms with Gasteiger partial charge in [-0.1, -0.05) is 0 Å². The second-order valence-electron chi connectivity index (χ2n) is 8.37. The molecule has 3 aromatic rings. The van der Waals surface area contributed by atoms with Crippen molar-refractivity contribution in [1.29, 1.82) is 0 Å². The summed E-state index contributed by atoms with van der Waals surface area (Å²) in [4.78, 5) is 18.5. The Morgan fingerprint density at radius 1 is 1.17 bits per heavy atom. The molecule has 160 valence electrons. The lowest BCUT2D eigenvalue weighted by molar-refractivity contribution is -0.126. The molecule has 0 aromatic carbocycles. The van der Waals surface area contributed by atoms with Crippen molar-refractivity contribution in [3.63, 3.8) is 0 Å². The molecule has 30 heavy (non-hydrogen) atoms. The van der Waals surface area contributed by atoms with Crippen LogP contribution in [-0.2, 0) is 20.0 Å². The predicted molar refractivity (Wildman–Crippen MR) is 109 cm³/mol. The van der Waals surface area contributed by atoms with E-state index >= 15 is 0 Å². The molecular formula is C20H23F3N6S. The highest BCUT2D eigenvalue weighted by Gasteiger charge is 2.38. The van der Waals surface area contributed by atoms with Gasteiger partial charge in [-0.3, -0.25) is 4.90 Å². The SMILES string of the molecule is Cn1cncc1CN1CC[C@@H]2CN(c3ncnc4sc(CC(F)(F)F)cc34)C[C@@H]2C1. The largest absolute Gasteiger partial charge is 0.393 e. The van der Waals surface area contributed by atoms with Gasteiger partial charge in [0.2, 0.25) is 0 Å². The lowest BCUT2D eigenvalue weighted by atomic mass is 9.89. The first kappa shape index (κ1) is 19.7. The van der Waals surface area contributed by atoms with E-state index in [1.807, 2.05) is 19.6 Å². The summed E-state index contributed by atoms with van der Waals surface area (Å²) in [7, 11) is 2.01. The Kier molecular flexibility index (Phi) is 4.93. The van der Waals surface area contributed by atoms with Gasteiger partial charge in [-0.25, -0.2) is 15.0 Å². The maximum Gasteiger partial charge on any atom is 0.393 e. The number of alkyl halides is 3. The number of piperidine rings is 1. The van der Waals surface area contributed by atoms with Crippen LogP contribution in [0, 0.1) is 11.8 Å². The molecule has 5 heterocycles. The maximum absolute atomic E-state index is 12.8. The van der Waals surface area contributed by atoms with E-state index in [1.54, 1.807) is 6.07 Å². The van der Waals surface area contributed by atoms with Gasteiger partial charge in [-0.15, -0.1) is 11.3 Å². The van der Waals surface area contributed by atoms with Crippen LogP contribution in [0.2, 0.25) is 0 Å². The van der Waals surface area contributed by atoms with Crippen LogP contribution in [0.4, 0.5) is 19.0 Å². The van der Waals surface area contributed by atoms with Gasteiger partial charge >= 0.3 is 6.18 Å². The fraction of sp³-hybridized carbons (Fsp3) is 0.550. The summed E-state index contributed by atoms with van der Waals surface area (Å²) in [5, 5.41) is 0.743. The number of aryl methyl sites for hydroxylation is 1. The van der Waals surface area contributed by atoms with E-state index in [0.717, 1.165) is 61.7 Å². The van der Waals surface area contributed by atoms with Crippen molar-refractivity contribution in [2.45, 2.75) is 25.6 Å². The molecule has 2 saturated heterocycles. The van der Waals surface area contributed by atoms with E-state index in [4.69, 9.17) is 0 Å². The van der Waals surface area contributed by atoms with E-state index in [-0.39, 0.29) is 0 Å². The predicted octanol–water partition coefficient (Wildman–Crippen LogP) is 3.49. The van der Waals surface area contributed by atoms with Gasteiger partial charge in [0.1, 0.15) is 17.0 Å². The molecule has 2 aliphatic heterocycles. The minimum atomic E-state index is -4.21. The Labute approximate surface area is 176 Å². The third kappa shape index (κ3) is 3.90. The molecular weight excluding hydrogens is 413 g/mol. The van der Waals surface area contributed by atoms with Crippen LogP contribution in [0.1, 0.15) is 17.0 Å². The quantitative estimate of drug-likeness (QED) is 0.627. The number of halogens is 3. The standard InChI is InChI=1S/C20H23F3N6S/c1-27-12-24-6-15(27)10-28-3-2-13-8-29(9-14(13)7-28)18-17-4-16(5-20(21,22)23)30-19(17)26-11-25-18/h4,6,11-14H,2-3,5,7-10H2,1H3/t13-,14+/m1/s1. The molecule has 3 aromatic heterocycles. The Hall–Kier alpha value is -2.20. The van der Waals surface area contributed by atoms with Crippen molar-refractivity contribution in [2.75, 3.05) is 31.1 Å². The molecule has 5 rings (SSSR count). The fourth-order valence-electron chi connectivity index (χ4n) is 4.76. The van der Waals surface area contributed by atoms with Crippen LogP contribution in [0.25, 0.3) is 10.2 Å². The third-order valence-electron chi connectivity index (χ3n) is 6.22. The smallest absolute Gasteiger partial charge is 0.355 e. The molecule has 0 saturated carbocycles.